The standard InChI is InChI=1S/C11H16F3N3O4S/c1-22(20,21)16-6-2-3-8(7-16)9(18)17-10(19,4-5-15-17)11(12,13)14/h5,8,19H,2-4,6-7H2,1H3/t8-,10-/m0/s1. The van der Waals surface area contributed by atoms with E-state index in [1.54, 1.807) is 0 Å². The summed E-state index contributed by atoms with van der Waals surface area (Å²) in [5.74, 6) is -1.99. The Morgan fingerprint density at radius 2 is 2.09 bits per heavy atom. The van der Waals surface area contributed by atoms with Crippen LogP contribution in [0.15, 0.2) is 5.10 Å². The van der Waals surface area contributed by atoms with E-state index in [0.29, 0.717) is 6.42 Å². The Bertz CT molecular complexity index is 592. The molecule has 0 aliphatic carbocycles. The Morgan fingerprint density at radius 3 is 2.64 bits per heavy atom. The third kappa shape index (κ3) is 2.97. The summed E-state index contributed by atoms with van der Waals surface area (Å²) in [4.78, 5) is 12.3. The molecule has 0 unspecified atom stereocenters. The van der Waals surface area contributed by atoms with Crippen LogP contribution in [0.4, 0.5) is 13.2 Å². The fourth-order valence-corrected chi connectivity index (χ4v) is 3.44. The molecule has 0 aromatic carbocycles. The molecule has 2 aliphatic rings. The Hall–Kier alpha value is -1.20. The van der Waals surface area contributed by atoms with Crippen molar-refractivity contribution in [2.45, 2.75) is 31.2 Å². The van der Waals surface area contributed by atoms with E-state index in [1.165, 1.54) is 0 Å². The first-order chi connectivity index (χ1) is 9.97. The van der Waals surface area contributed by atoms with Gasteiger partial charge in [-0.25, -0.2) is 12.7 Å². The average molecular weight is 343 g/mol. The molecule has 1 amide bonds. The molecule has 0 radical (unpaired) electrons. The molecule has 0 aromatic heterocycles. The first-order valence-corrected chi connectivity index (χ1v) is 8.42. The van der Waals surface area contributed by atoms with Gasteiger partial charge < -0.3 is 5.11 Å². The maximum atomic E-state index is 13.0. The molecule has 1 N–H and O–H groups in total. The molecule has 1 saturated heterocycles. The SMILES string of the molecule is CS(=O)(=O)N1CCC[C@H](C(=O)N2N=CC[C@]2(O)C(F)(F)F)C1. The van der Waals surface area contributed by atoms with Gasteiger partial charge in [0.1, 0.15) is 0 Å². The van der Waals surface area contributed by atoms with Crippen molar-refractivity contribution in [3.63, 3.8) is 0 Å². The molecule has 2 heterocycles. The molecule has 11 heteroatoms. The molecule has 7 nitrogen and oxygen atoms in total. The highest BCUT2D eigenvalue weighted by atomic mass is 32.2. The van der Waals surface area contributed by atoms with Crippen LogP contribution in [0, 0.1) is 5.92 Å². The van der Waals surface area contributed by atoms with Crippen LogP contribution in [0.5, 0.6) is 0 Å². The summed E-state index contributed by atoms with van der Waals surface area (Å²) in [7, 11) is -3.53. The first-order valence-electron chi connectivity index (χ1n) is 6.57. The van der Waals surface area contributed by atoms with Crippen molar-refractivity contribution in [1.82, 2.24) is 9.31 Å². The summed E-state index contributed by atoms with van der Waals surface area (Å²) < 4.78 is 62.9. The number of rotatable bonds is 2. The minimum atomic E-state index is -5.05. The molecule has 2 aliphatic heterocycles. The Balaban J connectivity index is 2.19. The molecule has 22 heavy (non-hydrogen) atoms. The van der Waals surface area contributed by atoms with E-state index < -0.39 is 40.2 Å². The number of sulfonamides is 1. The molecule has 0 spiro atoms. The van der Waals surface area contributed by atoms with Gasteiger partial charge >= 0.3 is 6.18 Å². The van der Waals surface area contributed by atoms with Crippen molar-refractivity contribution in [3.8, 4) is 0 Å². The predicted molar refractivity (Wildman–Crippen MR) is 70.1 cm³/mol. The van der Waals surface area contributed by atoms with Crippen LogP contribution >= 0.6 is 0 Å². The van der Waals surface area contributed by atoms with Gasteiger partial charge in [0.05, 0.1) is 12.2 Å². The highest BCUT2D eigenvalue weighted by Crippen LogP contribution is 2.39. The van der Waals surface area contributed by atoms with Gasteiger partial charge in [-0.3, -0.25) is 4.79 Å². The van der Waals surface area contributed by atoms with E-state index in [2.05, 4.69) is 5.10 Å². The van der Waals surface area contributed by atoms with Gasteiger partial charge in [-0.05, 0) is 12.8 Å². The summed E-state index contributed by atoms with van der Waals surface area (Å²) in [6.45, 7) is 0.00699. The number of aliphatic hydroxyl groups is 1. The van der Waals surface area contributed by atoms with Crippen molar-refractivity contribution in [1.29, 1.82) is 0 Å². The summed E-state index contributed by atoms with van der Waals surface area (Å²) in [5.41, 5.74) is -3.36. The predicted octanol–water partition coefficient (Wildman–Crippen LogP) is 0.127. The average Bonchev–Trinajstić information content (AvgIpc) is 2.80. The van der Waals surface area contributed by atoms with Crippen LogP contribution in [0.2, 0.25) is 0 Å². The van der Waals surface area contributed by atoms with Gasteiger partial charge in [-0.1, -0.05) is 0 Å². The second-order valence-electron chi connectivity index (χ2n) is 5.43. The zero-order chi connectivity index (χ0) is 16.8. The number of amides is 1. The summed E-state index contributed by atoms with van der Waals surface area (Å²) in [6.07, 6.45) is -3.51. The van der Waals surface area contributed by atoms with E-state index in [9.17, 15) is 31.5 Å². The van der Waals surface area contributed by atoms with Gasteiger partial charge in [0.25, 0.3) is 5.72 Å². The van der Waals surface area contributed by atoms with Crippen molar-refractivity contribution in [2.75, 3.05) is 19.3 Å². The molecular formula is C11H16F3N3O4S. The molecule has 0 saturated carbocycles. The molecule has 126 valence electrons. The number of carbonyl (C=O) groups is 1. The Kier molecular flexibility index (Phi) is 4.26. The van der Waals surface area contributed by atoms with E-state index in [1.807, 2.05) is 0 Å². The number of alkyl halides is 3. The normalized spacial score (nSPS) is 30.8. The van der Waals surface area contributed by atoms with Crippen molar-refractivity contribution in [2.24, 2.45) is 11.0 Å². The third-order valence-corrected chi connectivity index (χ3v) is 5.06. The second-order valence-corrected chi connectivity index (χ2v) is 7.41. The van der Waals surface area contributed by atoms with E-state index >= 15 is 0 Å². The maximum absolute atomic E-state index is 13.0. The fraction of sp³-hybridized carbons (Fsp3) is 0.818. The highest BCUT2D eigenvalue weighted by molar-refractivity contribution is 7.88. The summed E-state index contributed by atoms with van der Waals surface area (Å²) in [6, 6.07) is 0. The van der Waals surface area contributed by atoms with Crippen molar-refractivity contribution < 1.29 is 31.5 Å². The Morgan fingerprint density at radius 1 is 1.45 bits per heavy atom. The van der Waals surface area contributed by atoms with E-state index in [-0.39, 0.29) is 24.5 Å². The van der Waals surface area contributed by atoms with Gasteiger partial charge in [0.2, 0.25) is 15.9 Å². The van der Waals surface area contributed by atoms with Crippen molar-refractivity contribution in [3.05, 3.63) is 0 Å². The molecule has 0 bridgehead atoms. The molecule has 1 fully saturated rings. The lowest BCUT2D eigenvalue weighted by Crippen LogP contribution is -2.58. The minimum Gasteiger partial charge on any atom is -0.362 e. The minimum absolute atomic E-state index is 0.0312. The first kappa shape index (κ1) is 17.2. The second kappa shape index (κ2) is 5.46. The number of hydrogen-bond donors (Lipinski definition) is 1. The molecule has 0 aromatic rings. The van der Waals surface area contributed by atoms with Crippen LogP contribution in [-0.4, -0.2) is 66.2 Å². The van der Waals surface area contributed by atoms with E-state index in [4.69, 9.17) is 0 Å². The summed E-state index contributed by atoms with van der Waals surface area (Å²) >= 11 is 0. The number of nitrogens with zero attached hydrogens (tertiary/aromatic N) is 3. The number of hydrogen-bond acceptors (Lipinski definition) is 5. The number of piperidine rings is 1. The fourth-order valence-electron chi connectivity index (χ4n) is 2.52. The topological polar surface area (TPSA) is 90.3 Å². The zero-order valence-electron chi connectivity index (χ0n) is 11.7. The lowest BCUT2D eigenvalue weighted by Gasteiger charge is -2.37. The van der Waals surface area contributed by atoms with E-state index in [0.717, 1.165) is 16.8 Å². The smallest absolute Gasteiger partial charge is 0.362 e. The molecule has 2 atom stereocenters. The molecule has 2 rings (SSSR count). The van der Waals surface area contributed by atoms with Gasteiger partial charge in [-0.2, -0.15) is 23.3 Å². The van der Waals surface area contributed by atoms with Gasteiger partial charge in [-0.15, -0.1) is 0 Å². The lowest BCUT2D eigenvalue weighted by molar-refractivity contribution is -0.303. The quantitative estimate of drug-likeness (QED) is 0.771. The van der Waals surface area contributed by atoms with Crippen LogP contribution in [0.3, 0.4) is 0 Å². The number of carbonyl (C=O) groups excluding carboxylic acids is 1. The zero-order valence-corrected chi connectivity index (χ0v) is 12.6. The largest absolute Gasteiger partial charge is 0.438 e. The van der Waals surface area contributed by atoms with Crippen LogP contribution < -0.4 is 0 Å². The number of halogens is 3. The lowest BCUT2D eigenvalue weighted by atomic mass is 9.97. The monoisotopic (exact) mass is 343 g/mol. The van der Waals surface area contributed by atoms with Gasteiger partial charge in [0, 0.05) is 25.7 Å². The Labute approximate surface area is 125 Å². The van der Waals surface area contributed by atoms with Gasteiger partial charge in [0.15, 0.2) is 0 Å². The van der Waals surface area contributed by atoms with Crippen LogP contribution in [-0.2, 0) is 14.8 Å². The highest BCUT2D eigenvalue weighted by Gasteiger charge is 2.62. The number of hydrazone groups is 1. The van der Waals surface area contributed by atoms with Crippen molar-refractivity contribution >= 4 is 22.1 Å². The third-order valence-electron chi connectivity index (χ3n) is 3.79. The van der Waals surface area contributed by atoms with Crippen LogP contribution in [0.1, 0.15) is 19.3 Å². The molecular weight excluding hydrogens is 327 g/mol. The summed E-state index contributed by atoms with van der Waals surface area (Å²) in [5, 5.41) is 13.1. The maximum Gasteiger partial charge on any atom is 0.438 e. The van der Waals surface area contributed by atoms with Crippen LogP contribution in [0.25, 0.3) is 0 Å².